The van der Waals surface area contributed by atoms with Gasteiger partial charge in [0.15, 0.2) is 0 Å². The van der Waals surface area contributed by atoms with E-state index in [0.717, 1.165) is 102 Å². The standard InChI is InChI=1S/C14H21N.C13H19N.C12H17N.2C11H16N2.2C8H8O.C8H8S.C7H7NO.4C2H6/c1-14(2,3)15-10-8-12-6-4-5-7-13(12)9-11-15;1-13(2,3)14-9-8-11-6-4-5-7-12(11)10-14;1-12(2,3)13-8-10-6-4-5-7-11(10)9-13;1-11(2,3)13-7-9-4-5-12-6-10(9)8-13;1-11(2,3)13-7-9-5-4-6-12-10(9)8-13;3*1-2-4-8-7(3-1)5-6-9-8;1-3-8-5-7-6(1)2-4-9-7;4*1-2/h4-7H,8-11H2,1-3H3;4-7H,8-10H2,1-3H3;4-7H,8-9H2,1-3H3;2*4-6H,7-8H2,1-3H3;3*1-4H,5-6H2;1,3,5H,2,4H2;4*1-2H3. The zero-order valence-electron chi connectivity index (χ0n) is 73.6. The van der Waals surface area contributed by atoms with Crippen LogP contribution in [0.2, 0.25) is 0 Å². The molecule has 18 rings (SSSR count). The van der Waals surface area contributed by atoms with Crippen LogP contribution in [0.1, 0.15) is 237 Å². The Balaban J connectivity index is 0.000000195. The second-order valence-corrected chi connectivity index (χ2v) is 34.5. The lowest BCUT2D eigenvalue weighted by Crippen LogP contribution is -2.44. The number of aryl methyl sites for hydroxylation is 1. The van der Waals surface area contributed by atoms with Crippen LogP contribution in [-0.2, 0) is 90.8 Å². The van der Waals surface area contributed by atoms with Crippen molar-refractivity contribution in [2.24, 2.45) is 0 Å². The average molecular weight is 1540 g/mol. The highest BCUT2D eigenvalue weighted by Gasteiger charge is 2.31. The molecule has 112 heavy (non-hydrogen) atoms. The van der Waals surface area contributed by atoms with Crippen molar-refractivity contribution < 1.29 is 14.2 Å². The van der Waals surface area contributed by atoms with Gasteiger partial charge in [0, 0.05) is 153 Å². The predicted molar refractivity (Wildman–Crippen MR) is 478 cm³/mol. The van der Waals surface area contributed by atoms with Gasteiger partial charge in [0.1, 0.15) is 17.2 Å². The van der Waals surface area contributed by atoms with Gasteiger partial charge in [-0.25, -0.2) is 0 Å². The quantitative estimate of drug-likeness (QED) is 0.145. The summed E-state index contributed by atoms with van der Waals surface area (Å²) >= 11 is 1.97. The van der Waals surface area contributed by atoms with E-state index in [4.69, 9.17) is 14.2 Å². The maximum absolute atomic E-state index is 5.30. The van der Waals surface area contributed by atoms with Crippen molar-refractivity contribution in [3.63, 3.8) is 0 Å². The van der Waals surface area contributed by atoms with Crippen LogP contribution in [0, 0.1) is 0 Å². The summed E-state index contributed by atoms with van der Waals surface area (Å²) in [4.78, 5) is 26.5. The van der Waals surface area contributed by atoms with E-state index in [1.54, 1.807) is 23.5 Å². The van der Waals surface area contributed by atoms with E-state index in [1.807, 2.05) is 134 Å². The number of thioether (sulfide) groups is 1. The first-order chi connectivity index (χ1) is 53.7. The Hall–Kier alpha value is -7.68. The molecular weight excluding hydrogens is 1390 g/mol. The molecule has 12 heterocycles. The summed E-state index contributed by atoms with van der Waals surface area (Å²) in [5, 5.41) is 0. The minimum atomic E-state index is 0.251. The average Bonchev–Trinajstić information content (AvgIpc) is 1.71. The predicted octanol–water partition coefficient (Wildman–Crippen LogP) is 23.6. The molecule has 0 spiro atoms. The van der Waals surface area contributed by atoms with Crippen LogP contribution < -0.4 is 14.2 Å². The lowest BCUT2D eigenvalue weighted by Gasteiger charge is -2.39. The first-order valence-corrected chi connectivity index (χ1v) is 43.2. The van der Waals surface area contributed by atoms with Crippen LogP contribution in [-0.4, -0.2) is 112 Å². The van der Waals surface area contributed by atoms with Crippen molar-refractivity contribution in [3.8, 4) is 17.2 Å². The first kappa shape index (κ1) is 93.2. The van der Waals surface area contributed by atoms with Crippen LogP contribution in [0.4, 0.5) is 0 Å². The highest BCUT2D eigenvalue weighted by Crippen LogP contribution is 2.34. The monoisotopic (exact) mass is 1540 g/mol. The van der Waals surface area contributed by atoms with Gasteiger partial charge in [0.25, 0.3) is 0 Å². The fourth-order valence-corrected chi connectivity index (χ4v) is 15.0. The molecule has 0 radical (unpaired) electrons. The van der Waals surface area contributed by atoms with Gasteiger partial charge in [-0.2, -0.15) is 0 Å². The molecule has 6 aromatic carbocycles. The second-order valence-electron chi connectivity index (χ2n) is 33.3. The number of nitrogens with zero attached hydrogens (tertiary/aromatic N) is 8. The maximum atomic E-state index is 5.30. The molecule has 0 fully saturated rings. The zero-order chi connectivity index (χ0) is 81.9. The van der Waals surface area contributed by atoms with E-state index in [0.29, 0.717) is 16.6 Å². The Morgan fingerprint density at radius 1 is 0.268 bits per heavy atom. The van der Waals surface area contributed by atoms with Crippen LogP contribution in [0.15, 0.2) is 206 Å². The zero-order valence-corrected chi connectivity index (χ0v) is 74.4. The number of fused-ring (bicyclic) bond motifs is 9. The van der Waals surface area contributed by atoms with Crippen molar-refractivity contribution >= 4 is 11.8 Å². The first-order valence-electron chi connectivity index (χ1n) is 42.2. The van der Waals surface area contributed by atoms with Gasteiger partial charge in [-0.3, -0.25) is 39.5 Å². The van der Waals surface area contributed by atoms with E-state index in [1.165, 1.54) is 123 Å². The summed E-state index contributed by atoms with van der Waals surface area (Å²) in [6.45, 7) is 63.8. The SMILES string of the molecule is CC.CC.CC.CC.CC(C)(C)N1CCc2ccccc2C1.CC(C)(C)N1CCc2ccccc2CC1.CC(C)(C)N1Cc2ccccc2C1.CC(C)(C)N1Cc2cccnc2C1.CC(C)(C)N1Cc2ccncc2C1.c1cc2c(cn1)OCC2.c1ccc2c(c1)CCO2.c1ccc2c(c1)CCO2.c1ccc2c(c1)CCS2. The van der Waals surface area contributed by atoms with Crippen LogP contribution >= 0.6 is 11.8 Å². The number of rotatable bonds is 0. The lowest BCUT2D eigenvalue weighted by molar-refractivity contribution is 0.121. The Labute approximate surface area is 685 Å². The smallest absolute Gasteiger partial charge is 0.140 e. The topological polar surface area (TPSA) is 82.6 Å². The molecule has 0 N–H and O–H groups in total. The van der Waals surface area contributed by atoms with E-state index in [2.05, 4.69) is 265 Å². The van der Waals surface area contributed by atoms with Crippen molar-refractivity contribution in [2.45, 2.75) is 283 Å². The summed E-state index contributed by atoms with van der Waals surface area (Å²) in [7, 11) is 0. The fourth-order valence-electron chi connectivity index (χ4n) is 14.0. The molecule has 0 saturated heterocycles. The third kappa shape index (κ3) is 29.6. The van der Waals surface area contributed by atoms with Gasteiger partial charge in [0.2, 0.25) is 0 Å². The summed E-state index contributed by atoms with van der Waals surface area (Å²) in [6.07, 6.45) is 17.4. The third-order valence-electron chi connectivity index (χ3n) is 20.9. The Morgan fingerprint density at radius 3 is 1.02 bits per heavy atom. The molecule has 9 aromatic rings. The van der Waals surface area contributed by atoms with Crippen molar-refractivity contribution in [1.82, 2.24) is 39.5 Å². The molecule has 3 aromatic heterocycles. The minimum absolute atomic E-state index is 0.251. The van der Waals surface area contributed by atoms with E-state index < -0.39 is 0 Å². The fraction of sp³-hybridized carbons (Fsp3) is 0.490. The van der Waals surface area contributed by atoms with E-state index >= 15 is 0 Å². The van der Waals surface area contributed by atoms with Gasteiger partial charge < -0.3 is 14.2 Å². The molecule has 12 heteroatoms. The molecule has 0 amide bonds. The number of hydrogen-bond donors (Lipinski definition) is 0. The molecule has 0 unspecified atom stereocenters. The number of pyridine rings is 3. The molecule has 9 aliphatic rings. The van der Waals surface area contributed by atoms with Crippen LogP contribution in [0.25, 0.3) is 0 Å². The molecule has 0 atom stereocenters. The Bertz CT molecular complexity index is 3610. The van der Waals surface area contributed by atoms with Gasteiger partial charge in [-0.05, 0) is 233 Å². The van der Waals surface area contributed by atoms with Gasteiger partial charge >= 0.3 is 0 Å². The lowest BCUT2D eigenvalue weighted by atomic mass is 9.95. The molecule has 0 aliphatic carbocycles. The normalized spacial score (nSPS) is 15.8. The van der Waals surface area contributed by atoms with E-state index in [-0.39, 0.29) is 11.1 Å². The third-order valence-corrected chi connectivity index (χ3v) is 22.0. The molecule has 0 saturated carbocycles. The second kappa shape index (κ2) is 46.6. The molecule has 0 bridgehead atoms. The van der Waals surface area contributed by atoms with Crippen LogP contribution in [0.5, 0.6) is 17.2 Å². The number of ether oxygens (including phenoxy) is 3. The van der Waals surface area contributed by atoms with Gasteiger partial charge in [-0.1, -0.05) is 189 Å². The van der Waals surface area contributed by atoms with Gasteiger partial charge in [0.05, 0.1) is 31.7 Å². The molecule has 11 nitrogen and oxygen atoms in total. The highest BCUT2D eigenvalue weighted by molar-refractivity contribution is 7.99. The van der Waals surface area contributed by atoms with Crippen molar-refractivity contribution in [2.75, 3.05) is 45.2 Å². The highest BCUT2D eigenvalue weighted by atomic mass is 32.2. The summed E-state index contributed by atoms with van der Waals surface area (Å²) in [5.74, 6) is 4.37. The van der Waals surface area contributed by atoms with Crippen molar-refractivity contribution in [1.29, 1.82) is 0 Å². The minimum Gasteiger partial charge on any atom is -0.493 e. The largest absolute Gasteiger partial charge is 0.493 e. The van der Waals surface area contributed by atoms with Crippen molar-refractivity contribution in [3.05, 3.63) is 279 Å². The van der Waals surface area contributed by atoms with Crippen LogP contribution in [0.3, 0.4) is 0 Å². The Kier molecular flexibility index (Phi) is 38.8. The number of para-hydroxylation sites is 2. The Morgan fingerprint density at radius 2 is 0.589 bits per heavy atom. The number of aromatic nitrogens is 3. The number of hydrogen-bond acceptors (Lipinski definition) is 12. The summed E-state index contributed by atoms with van der Waals surface area (Å²) < 4.78 is 15.8. The summed E-state index contributed by atoms with van der Waals surface area (Å²) in [6, 6.07) is 59.7. The number of benzene rings is 6. The molecular formula is C100H144N8O3S. The molecule has 608 valence electrons. The van der Waals surface area contributed by atoms with Gasteiger partial charge in [-0.15, -0.1) is 11.8 Å². The molecule has 9 aliphatic heterocycles. The maximum Gasteiger partial charge on any atom is 0.140 e. The van der Waals surface area contributed by atoms with E-state index in [9.17, 15) is 0 Å². The summed E-state index contributed by atoms with van der Waals surface area (Å²) in [5.41, 5.74) is 21.5.